The Morgan fingerprint density at radius 2 is 1.93 bits per heavy atom. The van der Waals surface area contributed by atoms with Crippen molar-refractivity contribution in [3.63, 3.8) is 0 Å². The number of benzene rings is 1. The van der Waals surface area contributed by atoms with Gasteiger partial charge in [-0.25, -0.2) is 4.39 Å². The molecule has 0 aromatic heterocycles. The van der Waals surface area contributed by atoms with Gasteiger partial charge in [-0.2, -0.15) is 0 Å². The molecule has 1 aliphatic heterocycles. The van der Waals surface area contributed by atoms with Gasteiger partial charge in [-0.05, 0) is 86.5 Å². The third kappa shape index (κ3) is 3.56. The number of fused-ring (bicyclic) bond motifs is 2. The molecule has 1 aromatic rings. The van der Waals surface area contributed by atoms with E-state index in [1.54, 1.807) is 6.07 Å². The van der Waals surface area contributed by atoms with Crippen LogP contribution in [0.4, 0.5) is 4.39 Å². The fourth-order valence-electron chi connectivity index (χ4n) is 6.17. The number of hydrogen-bond donors (Lipinski definition) is 1. The molecule has 2 aliphatic carbocycles. The van der Waals surface area contributed by atoms with Crippen LogP contribution < -0.4 is 5.32 Å². The molecule has 3 atom stereocenters. The molecule has 0 spiro atoms. The van der Waals surface area contributed by atoms with E-state index >= 15 is 0 Å². The van der Waals surface area contributed by atoms with Gasteiger partial charge in [0.05, 0.1) is 0 Å². The van der Waals surface area contributed by atoms with Crippen molar-refractivity contribution in [3.05, 3.63) is 34.6 Å². The fourth-order valence-corrected chi connectivity index (χ4v) is 6.33. The lowest BCUT2D eigenvalue weighted by Crippen LogP contribution is -2.45. The van der Waals surface area contributed by atoms with Crippen LogP contribution in [0.3, 0.4) is 0 Å². The predicted molar refractivity (Wildman–Crippen MR) is 110 cm³/mol. The zero-order valence-corrected chi connectivity index (χ0v) is 17.8. The summed E-state index contributed by atoms with van der Waals surface area (Å²) in [6.07, 6.45) is 6.56. The van der Waals surface area contributed by atoms with E-state index in [1.807, 2.05) is 6.07 Å². The van der Waals surface area contributed by atoms with Crippen LogP contribution >= 0.6 is 11.6 Å². The van der Waals surface area contributed by atoms with Crippen LogP contribution in [0.2, 0.25) is 5.02 Å². The van der Waals surface area contributed by atoms with Crippen molar-refractivity contribution in [2.45, 2.75) is 65.5 Å². The van der Waals surface area contributed by atoms with E-state index in [4.69, 9.17) is 11.6 Å². The van der Waals surface area contributed by atoms with E-state index in [2.05, 4.69) is 31.0 Å². The van der Waals surface area contributed by atoms with Gasteiger partial charge in [0.25, 0.3) is 0 Å². The van der Waals surface area contributed by atoms with Gasteiger partial charge in [-0.1, -0.05) is 38.4 Å². The van der Waals surface area contributed by atoms with Crippen LogP contribution in [0.25, 0.3) is 0 Å². The average molecular weight is 393 g/mol. The number of nitrogens with zero attached hydrogens (tertiary/aromatic N) is 1. The Kier molecular flexibility index (Phi) is 5.33. The molecule has 2 nitrogen and oxygen atoms in total. The lowest BCUT2D eigenvalue weighted by atomic mass is 9.66. The van der Waals surface area contributed by atoms with Crippen molar-refractivity contribution in [2.24, 2.45) is 22.7 Å². The molecule has 4 heteroatoms. The summed E-state index contributed by atoms with van der Waals surface area (Å²) in [6, 6.07) is 5.63. The molecule has 2 bridgehead atoms. The zero-order chi connectivity index (χ0) is 19.2. The van der Waals surface area contributed by atoms with Crippen molar-refractivity contribution in [2.75, 3.05) is 19.6 Å². The predicted octanol–water partition coefficient (Wildman–Crippen LogP) is 5.50. The lowest BCUT2D eigenvalue weighted by Gasteiger charge is -2.40. The van der Waals surface area contributed by atoms with Gasteiger partial charge in [0.1, 0.15) is 5.82 Å². The molecule has 2 saturated carbocycles. The maximum atomic E-state index is 14.0. The fraction of sp³-hybridized carbons (Fsp3) is 0.739. The SMILES string of the molecule is CC1(C)C2CC[C@@]1(C)C(CNC1CCN(Cc3ccc(Cl)cc3F)CC1)C2. The molecular weight excluding hydrogens is 359 g/mol. The molecule has 27 heavy (non-hydrogen) atoms. The van der Waals surface area contributed by atoms with E-state index in [0.29, 0.717) is 28.4 Å². The van der Waals surface area contributed by atoms with Crippen molar-refractivity contribution in [3.8, 4) is 0 Å². The van der Waals surface area contributed by atoms with E-state index < -0.39 is 0 Å². The number of halogens is 2. The maximum absolute atomic E-state index is 14.0. The summed E-state index contributed by atoms with van der Waals surface area (Å²) < 4.78 is 14.0. The molecule has 1 saturated heterocycles. The molecule has 0 radical (unpaired) electrons. The van der Waals surface area contributed by atoms with Crippen LogP contribution in [0, 0.1) is 28.5 Å². The van der Waals surface area contributed by atoms with Crippen molar-refractivity contribution >= 4 is 11.6 Å². The summed E-state index contributed by atoms with van der Waals surface area (Å²) in [5.74, 6) is 1.56. The second kappa shape index (κ2) is 7.31. The molecule has 1 aromatic carbocycles. The molecule has 3 fully saturated rings. The standard InChI is InChI=1S/C23H34ClFN2/c1-22(2)17-6-9-23(22,3)18(12-17)14-26-20-7-10-27(11-8-20)15-16-4-5-19(24)13-21(16)25/h4-5,13,17-18,20,26H,6-12,14-15H2,1-3H3/t17?,18?,23-/m0/s1. The average Bonchev–Trinajstić information content (AvgIpc) is 2.97. The number of piperidine rings is 1. The van der Waals surface area contributed by atoms with E-state index in [-0.39, 0.29) is 5.82 Å². The number of nitrogens with one attached hydrogen (secondary N) is 1. The van der Waals surface area contributed by atoms with Gasteiger partial charge < -0.3 is 5.32 Å². The smallest absolute Gasteiger partial charge is 0.129 e. The molecule has 0 amide bonds. The van der Waals surface area contributed by atoms with E-state index in [9.17, 15) is 4.39 Å². The molecule has 150 valence electrons. The maximum Gasteiger partial charge on any atom is 0.129 e. The first-order valence-electron chi connectivity index (χ1n) is 10.7. The van der Waals surface area contributed by atoms with Gasteiger partial charge >= 0.3 is 0 Å². The topological polar surface area (TPSA) is 15.3 Å². The minimum atomic E-state index is -0.185. The second-order valence-electron chi connectivity index (χ2n) is 10.0. The van der Waals surface area contributed by atoms with Crippen LogP contribution in [0.5, 0.6) is 0 Å². The van der Waals surface area contributed by atoms with Gasteiger partial charge in [0.2, 0.25) is 0 Å². The van der Waals surface area contributed by atoms with E-state index in [1.165, 1.54) is 31.9 Å². The molecule has 4 rings (SSSR count). The highest BCUT2D eigenvalue weighted by molar-refractivity contribution is 6.30. The quantitative estimate of drug-likeness (QED) is 0.712. The Morgan fingerprint density at radius 3 is 2.52 bits per heavy atom. The van der Waals surface area contributed by atoms with Gasteiger partial charge in [0.15, 0.2) is 0 Å². The zero-order valence-electron chi connectivity index (χ0n) is 17.0. The van der Waals surface area contributed by atoms with Gasteiger partial charge in [-0.15, -0.1) is 0 Å². The molecule has 2 unspecified atom stereocenters. The normalized spacial score (nSPS) is 33.7. The Bertz CT molecular complexity index is 683. The third-order valence-corrected chi connectivity index (χ3v) is 8.86. The molecule has 1 heterocycles. The third-order valence-electron chi connectivity index (χ3n) is 8.62. The lowest BCUT2D eigenvalue weighted by molar-refractivity contribution is 0.0965. The van der Waals surface area contributed by atoms with Crippen molar-refractivity contribution < 1.29 is 4.39 Å². The van der Waals surface area contributed by atoms with Crippen molar-refractivity contribution in [1.82, 2.24) is 10.2 Å². The Labute approximate surface area is 168 Å². The van der Waals surface area contributed by atoms with Crippen LogP contribution in [-0.2, 0) is 6.54 Å². The highest BCUT2D eigenvalue weighted by Crippen LogP contribution is 2.67. The number of hydrogen-bond acceptors (Lipinski definition) is 2. The van der Waals surface area contributed by atoms with Crippen molar-refractivity contribution in [1.29, 1.82) is 0 Å². The molecular formula is C23H34ClFN2. The highest BCUT2D eigenvalue weighted by atomic mass is 35.5. The summed E-state index contributed by atoms with van der Waals surface area (Å²) in [6.45, 7) is 11.5. The highest BCUT2D eigenvalue weighted by Gasteiger charge is 2.60. The summed E-state index contributed by atoms with van der Waals surface area (Å²) in [5, 5.41) is 4.37. The first-order valence-corrected chi connectivity index (χ1v) is 11.1. The number of likely N-dealkylation sites (tertiary alicyclic amines) is 1. The summed E-state index contributed by atoms with van der Waals surface area (Å²) in [7, 11) is 0. The largest absolute Gasteiger partial charge is 0.314 e. The molecule has 1 N–H and O–H groups in total. The van der Waals surface area contributed by atoms with Gasteiger partial charge in [-0.3, -0.25) is 4.90 Å². The summed E-state index contributed by atoms with van der Waals surface area (Å²) in [4.78, 5) is 2.37. The van der Waals surface area contributed by atoms with Crippen LogP contribution in [0.15, 0.2) is 18.2 Å². The Hall–Kier alpha value is -0.640. The Morgan fingerprint density at radius 1 is 1.19 bits per heavy atom. The monoisotopic (exact) mass is 392 g/mol. The first kappa shape index (κ1) is 19.7. The van der Waals surface area contributed by atoms with Crippen LogP contribution in [-0.4, -0.2) is 30.6 Å². The van der Waals surface area contributed by atoms with Gasteiger partial charge in [0, 0.05) is 23.2 Å². The minimum absolute atomic E-state index is 0.185. The van der Waals surface area contributed by atoms with Crippen LogP contribution in [0.1, 0.15) is 58.4 Å². The molecule has 3 aliphatic rings. The van der Waals surface area contributed by atoms with E-state index in [0.717, 1.165) is 43.3 Å². The number of rotatable bonds is 5. The summed E-state index contributed by atoms with van der Waals surface area (Å²) >= 11 is 5.86. The summed E-state index contributed by atoms with van der Waals surface area (Å²) in [5.41, 5.74) is 1.77. The minimum Gasteiger partial charge on any atom is -0.314 e. The second-order valence-corrected chi connectivity index (χ2v) is 10.4. The Balaban J connectivity index is 1.25. The first-order chi connectivity index (χ1) is 12.8.